The van der Waals surface area contributed by atoms with E-state index in [1.165, 1.54) is 0 Å². The molecule has 146 valence electrons. The van der Waals surface area contributed by atoms with Crippen molar-refractivity contribution < 1.29 is 19.0 Å². The van der Waals surface area contributed by atoms with Gasteiger partial charge in [-0.3, -0.25) is 4.79 Å². The highest BCUT2D eigenvalue weighted by Crippen LogP contribution is 2.40. The molecule has 0 aromatic heterocycles. The second-order valence-corrected chi connectivity index (χ2v) is 6.83. The molecule has 0 aliphatic rings. The van der Waals surface area contributed by atoms with Crippen molar-refractivity contribution in [3.8, 4) is 17.2 Å². The number of nitrogens with one attached hydrogen (secondary N) is 1. The molecule has 0 saturated heterocycles. The fourth-order valence-electron chi connectivity index (χ4n) is 3.16. The summed E-state index contributed by atoms with van der Waals surface area (Å²) in [7, 11) is 4.68. The lowest BCUT2D eigenvalue weighted by molar-refractivity contribution is -0.121. The van der Waals surface area contributed by atoms with Gasteiger partial charge in [-0.05, 0) is 24.0 Å². The average molecular weight is 371 g/mol. The summed E-state index contributed by atoms with van der Waals surface area (Å²) in [5.41, 5.74) is 1.86. The fourth-order valence-corrected chi connectivity index (χ4v) is 3.16. The number of carbonyl (C=O) groups excluding carboxylic acids is 1. The van der Waals surface area contributed by atoms with Crippen molar-refractivity contribution in [2.75, 3.05) is 21.3 Å². The Morgan fingerprint density at radius 1 is 0.926 bits per heavy atom. The molecule has 0 saturated carbocycles. The molecule has 2 aromatic carbocycles. The van der Waals surface area contributed by atoms with E-state index >= 15 is 0 Å². The normalized spacial score (nSPS) is 11.8. The van der Waals surface area contributed by atoms with Crippen LogP contribution in [0, 0.1) is 5.92 Å². The zero-order valence-electron chi connectivity index (χ0n) is 16.7. The summed E-state index contributed by atoms with van der Waals surface area (Å²) < 4.78 is 16.2. The summed E-state index contributed by atoms with van der Waals surface area (Å²) in [6, 6.07) is 13.6. The van der Waals surface area contributed by atoms with E-state index < -0.39 is 0 Å². The van der Waals surface area contributed by atoms with E-state index in [4.69, 9.17) is 14.2 Å². The predicted octanol–water partition coefficient (Wildman–Crippen LogP) is 4.16. The molecule has 0 fully saturated rings. The summed E-state index contributed by atoms with van der Waals surface area (Å²) in [6.07, 6.45) is 1.07. The van der Waals surface area contributed by atoms with Gasteiger partial charge in [-0.15, -0.1) is 0 Å². The molecule has 2 rings (SSSR count). The van der Waals surface area contributed by atoms with Crippen molar-refractivity contribution in [3.63, 3.8) is 0 Å². The first-order valence-electron chi connectivity index (χ1n) is 9.12. The fraction of sp³-hybridized carbons (Fsp3) is 0.409. The molecule has 0 radical (unpaired) electrons. The third-order valence-electron chi connectivity index (χ3n) is 4.38. The van der Waals surface area contributed by atoms with Gasteiger partial charge in [0.2, 0.25) is 11.7 Å². The van der Waals surface area contributed by atoms with Gasteiger partial charge in [0.25, 0.3) is 0 Å². The minimum absolute atomic E-state index is 0.0233. The molecule has 1 atom stereocenters. The highest BCUT2D eigenvalue weighted by atomic mass is 16.5. The first kappa shape index (κ1) is 20.6. The molecule has 27 heavy (non-hydrogen) atoms. The van der Waals surface area contributed by atoms with Crippen LogP contribution in [0.5, 0.6) is 17.2 Å². The Morgan fingerprint density at radius 3 is 2.15 bits per heavy atom. The second kappa shape index (κ2) is 9.86. The maximum Gasteiger partial charge on any atom is 0.225 e. The van der Waals surface area contributed by atoms with Crippen molar-refractivity contribution >= 4 is 5.91 Å². The molecule has 1 amide bonds. The van der Waals surface area contributed by atoms with E-state index in [2.05, 4.69) is 19.2 Å². The Kier molecular flexibility index (Phi) is 7.53. The molecule has 1 N–H and O–H groups in total. The van der Waals surface area contributed by atoms with Crippen LogP contribution in [0.15, 0.2) is 42.5 Å². The van der Waals surface area contributed by atoms with E-state index in [9.17, 15) is 4.79 Å². The maximum absolute atomic E-state index is 12.8. The molecule has 0 aliphatic carbocycles. The Hall–Kier alpha value is -2.69. The van der Waals surface area contributed by atoms with Gasteiger partial charge < -0.3 is 19.5 Å². The summed E-state index contributed by atoms with van der Waals surface area (Å²) >= 11 is 0. The molecular weight excluding hydrogens is 342 g/mol. The highest BCUT2D eigenvalue weighted by Gasteiger charge is 2.20. The maximum atomic E-state index is 12.8. The van der Waals surface area contributed by atoms with Crippen LogP contribution in [0.1, 0.15) is 37.4 Å². The van der Waals surface area contributed by atoms with Gasteiger partial charge in [-0.25, -0.2) is 0 Å². The number of hydrogen-bond donors (Lipinski definition) is 1. The predicted molar refractivity (Wildman–Crippen MR) is 107 cm³/mol. The van der Waals surface area contributed by atoms with Crippen LogP contribution in [0.25, 0.3) is 0 Å². The van der Waals surface area contributed by atoms with Gasteiger partial charge in [0.1, 0.15) is 0 Å². The lowest BCUT2D eigenvalue weighted by Gasteiger charge is -2.22. The molecule has 0 unspecified atom stereocenters. The van der Waals surface area contributed by atoms with Crippen molar-refractivity contribution in [1.82, 2.24) is 5.32 Å². The topological polar surface area (TPSA) is 56.8 Å². The lowest BCUT2D eigenvalue weighted by Crippen LogP contribution is -2.30. The van der Waals surface area contributed by atoms with Crippen LogP contribution in [-0.2, 0) is 11.2 Å². The van der Waals surface area contributed by atoms with E-state index in [1.807, 2.05) is 36.4 Å². The summed E-state index contributed by atoms with van der Waals surface area (Å²) in [4.78, 5) is 12.8. The molecule has 5 heteroatoms. The SMILES string of the molecule is COc1ccc(CC(=O)N[C@H](CC(C)C)c2ccccc2)c(OC)c1OC. The smallest absolute Gasteiger partial charge is 0.225 e. The molecule has 5 nitrogen and oxygen atoms in total. The molecule has 0 aliphatic heterocycles. The van der Waals surface area contributed by atoms with Gasteiger partial charge in [-0.2, -0.15) is 0 Å². The van der Waals surface area contributed by atoms with E-state index in [0.29, 0.717) is 23.2 Å². The second-order valence-electron chi connectivity index (χ2n) is 6.83. The standard InChI is InChI=1S/C22H29NO4/c1-15(2)13-18(16-9-7-6-8-10-16)23-20(24)14-17-11-12-19(25-3)22(27-5)21(17)26-4/h6-12,15,18H,13-14H2,1-5H3,(H,23,24)/t18-/m1/s1. The zero-order chi connectivity index (χ0) is 19.8. The minimum atomic E-state index is -0.0602. The van der Waals surface area contributed by atoms with Crippen LogP contribution >= 0.6 is 0 Å². The van der Waals surface area contributed by atoms with Crippen LogP contribution in [0.4, 0.5) is 0 Å². The summed E-state index contributed by atoms with van der Waals surface area (Å²) in [5, 5.41) is 3.16. The Bertz CT molecular complexity index is 743. The number of methoxy groups -OCH3 is 3. The van der Waals surface area contributed by atoms with Crippen LogP contribution < -0.4 is 19.5 Å². The number of rotatable bonds is 9. The van der Waals surface area contributed by atoms with Gasteiger partial charge in [0.15, 0.2) is 11.5 Å². The number of carbonyl (C=O) groups is 1. The Balaban J connectivity index is 2.20. The van der Waals surface area contributed by atoms with Gasteiger partial charge >= 0.3 is 0 Å². The van der Waals surface area contributed by atoms with Crippen LogP contribution in [0.2, 0.25) is 0 Å². The van der Waals surface area contributed by atoms with Crippen molar-refractivity contribution in [1.29, 1.82) is 0 Å². The Morgan fingerprint density at radius 2 is 1.59 bits per heavy atom. The molecule has 2 aromatic rings. The van der Waals surface area contributed by atoms with E-state index in [0.717, 1.165) is 17.5 Å². The van der Waals surface area contributed by atoms with Crippen molar-refractivity contribution in [3.05, 3.63) is 53.6 Å². The number of ether oxygens (including phenoxy) is 3. The lowest BCUT2D eigenvalue weighted by atomic mass is 9.96. The van der Waals surface area contributed by atoms with E-state index in [-0.39, 0.29) is 18.4 Å². The molecule has 0 heterocycles. The van der Waals surface area contributed by atoms with E-state index in [1.54, 1.807) is 27.4 Å². The van der Waals surface area contributed by atoms with Crippen LogP contribution in [-0.4, -0.2) is 27.2 Å². The summed E-state index contributed by atoms with van der Waals surface area (Å²) in [6.45, 7) is 4.30. The first-order valence-corrected chi connectivity index (χ1v) is 9.12. The third kappa shape index (κ3) is 5.39. The quantitative estimate of drug-likeness (QED) is 0.719. The average Bonchev–Trinajstić information content (AvgIpc) is 2.67. The zero-order valence-corrected chi connectivity index (χ0v) is 16.7. The number of amides is 1. The molecular formula is C22H29NO4. The highest BCUT2D eigenvalue weighted by molar-refractivity contribution is 5.80. The van der Waals surface area contributed by atoms with Gasteiger partial charge in [0, 0.05) is 5.56 Å². The first-order chi connectivity index (χ1) is 13.0. The van der Waals surface area contributed by atoms with Gasteiger partial charge in [0.05, 0.1) is 33.8 Å². The van der Waals surface area contributed by atoms with Gasteiger partial charge in [-0.1, -0.05) is 50.2 Å². The van der Waals surface area contributed by atoms with Crippen molar-refractivity contribution in [2.45, 2.75) is 32.7 Å². The summed E-state index contributed by atoms with van der Waals surface area (Å²) in [5.74, 6) is 1.99. The number of hydrogen-bond acceptors (Lipinski definition) is 4. The molecule has 0 bridgehead atoms. The Labute approximate surface area is 161 Å². The molecule has 0 spiro atoms. The minimum Gasteiger partial charge on any atom is -0.493 e. The van der Waals surface area contributed by atoms with Crippen molar-refractivity contribution in [2.24, 2.45) is 5.92 Å². The van der Waals surface area contributed by atoms with Crippen LogP contribution in [0.3, 0.4) is 0 Å². The largest absolute Gasteiger partial charge is 0.493 e. The number of benzene rings is 2. The monoisotopic (exact) mass is 371 g/mol. The third-order valence-corrected chi connectivity index (χ3v) is 4.38.